The van der Waals surface area contributed by atoms with E-state index in [0.29, 0.717) is 5.69 Å². The minimum Gasteiger partial charge on any atom is -0.262 e. The smallest absolute Gasteiger partial charge is 0.262 e. The molecule has 0 radical (unpaired) electrons. The molecule has 0 bridgehead atoms. The monoisotopic (exact) mass is 330 g/mol. The number of pyridine rings is 1. The van der Waals surface area contributed by atoms with E-state index in [1.807, 2.05) is 0 Å². The summed E-state index contributed by atoms with van der Waals surface area (Å²) in [5.41, 5.74) is 0.709. The molecular weight excluding hydrogens is 320 g/mol. The zero-order chi connectivity index (χ0) is 13.3. The van der Waals surface area contributed by atoms with Crippen LogP contribution in [0.25, 0.3) is 0 Å². The number of aromatic nitrogens is 3. The first kappa shape index (κ1) is 13.0. The third-order valence-corrected chi connectivity index (χ3v) is 4.58. The Morgan fingerprint density at radius 1 is 1.33 bits per heavy atom. The Bertz CT molecular complexity index is 681. The molecule has 2 heterocycles. The summed E-state index contributed by atoms with van der Waals surface area (Å²) in [6.45, 7) is 1.78. The van der Waals surface area contributed by atoms with Crippen molar-refractivity contribution in [3.8, 4) is 0 Å². The third-order valence-electron chi connectivity index (χ3n) is 2.31. The second-order valence-corrected chi connectivity index (χ2v) is 6.15. The number of halogens is 1. The van der Waals surface area contributed by atoms with Crippen LogP contribution < -0.4 is 4.72 Å². The molecule has 0 spiro atoms. The number of hydrogen-bond donors (Lipinski definition) is 1. The van der Waals surface area contributed by atoms with E-state index in [1.165, 1.54) is 16.9 Å². The van der Waals surface area contributed by atoms with Crippen molar-refractivity contribution in [2.45, 2.75) is 11.9 Å². The lowest BCUT2D eigenvalue weighted by molar-refractivity contribution is 0.582. The first-order valence-electron chi connectivity index (χ1n) is 5.04. The standard InChI is InChI=1S/C10H11BrN4O2S/c1-7-8(11)3-4-9(13-7)14-18(16,17)10-5-6-12-15(10)2/h3-6H,1-2H3,(H,13,14). The summed E-state index contributed by atoms with van der Waals surface area (Å²) in [4.78, 5) is 4.13. The minimum absolute atomic E-state index is 0.0878. The molecule has 8 heteroatoms. The number of rotatable bonds is 3. The molecular formula is C10H11BrN4O2S. The number of hydrogen-bond acceptors (Lipinski definition) is 4. The molecule has 0 aromatic carbocycles. The van der Waals surface area contributed by atoms with Crippen molar-refractivity contribution < 1.29 is 8.42 Å². The van der Waals surface area contributed by atoms with Crippen LogP contribution >= 0.6 is 15.9 Å². The molecule has 1 N–H and O–H groups in total. The van der Waals surface area contributed by atoms with Crippen molar-refractivity contribution in [1.82, 2.24) is 14.8 Å². The SMILES string of the molecule is Cc1nc(NS(=O)(=O)c2ccnn2C)ccc1Br. The summed E-state index contributed by atoms with van der Waals surface area (Å²) < 4.78 is 28.6. The Morgan fingerprint density at radius 2 is 2.06 bits per heavy atom. The highest BCUT2D eigenvalue weighted by Crippen LogP contribution is 2.18. The van der Waals surface area contributed by atoms with Gasteiger partial charge in [-0.15, -0.1) is 0 Å². The predicted octanol–water partition coefficient (Wildman–Crippen LogP) is 1.69. The lowest BCUT2D eigenvalue weighted by Crippen LogP contribution is -2.17. The van der Waals surface area contributed by atoms with Crippen LogP contribution in [0.5, 0.6) is 0 Å². The van der Waals surface area contributed by atoms with E-state index in [2.05, 4.69) is 30.7 Å². The summed E-state index contributed by atoms with van der Waals surface area (Å²) >= 11 is 3.31. The number of sulfonamides is 1. The Balaban J connectivity index is 2.34. The minimum atomic E-state index is -3.66. The zero-order valence-electron chi connectivity index (χ0n) is 9.75. The summed E-state index contributed by atoms with van der Waals surface area (Å²) in [5.74, 6) is 0.275. The summed E-state index contributed by atoms with van der Waals surface area (Å²) in [6.07, 6.45) is 1.43. The molecule has 6 nitrogen and oxygen atoms in total. The van der Waals surface area contributed by atoms with Crippen LogP contribution in [-0.2, 0) is 17.1 Å². The van der Waals surface area contributed by atoms with Gasteiger partial charge in [0.2, 0.25) is 0 Å². The fourth-order valence-corrected chi connectivity index (χ4v) is 2.77. The van der Waals surface area contributed by atoms with Gasteiger partial charge in [0, 0.05) is 11.5 Å². The molecule has 0 saturated carbocycles. The second kappa shape index (κ2) is 4.69. The van der Waals surface area contributed by atoms with E-state index in [4.69, 9.17) is 0 Å². The third kappa shape index (κ3) is 2.54. The highest BCUT2D eigenvalue weighted by atomic mass is 79.9. The van der Waals surface area contributed by atoms with Crippen molar-refractivity contribution in [2.24, 2.45) is 7.05 Å². The Kier molecular flexibility index (Phi) is 3.40. The maximum atomic E-state index is 12.1. The fourth-order valence-electron chi connectivity index (χ4n) is 1.42. The van der Waals surface area contributed by atoms with Crippen LogP contribution in [0.4, 0.5) is 5.82 Å². The van der Waals surface area contributed by atoms with Gasteiger partial charge >= 0.3 is 0 Å². The van der Waals surface area contributed by atoms with Gasteiger partial charge in [-0.25, -0.2) is 4.98 Å². The van der Waals surface area contributed by atoms with Crippen molar-refractivity contribution in [3.05, 3.63) is 34.6 Å². The van der Waals surface area contributed by atoms with Gasteiger partial charge in [0.1, 0.15) is 5.82 Å². The molecule has 0 aliphatic carbocycles. The van der Waals surface area contributed by atoms with Crippen molar-refractivity contribution in [2.75, 3.05) is 4.72 Å². The lowest BCUT2D eigenvalue weighted by atomic mass is 10.4. The van der Waals surface area contributed by atoms with Crippen molar-refractivity contribution in [3.63, 3.8) is 0 Å². The molecule has 2 rings (SSSR count). The average molecular weight is 331 g/mol. The van der Waals surface area contributed by atoms with Gasteiger partial charge in [0.15, 0.2) is 5.03 Å². The van der Waals surface area contributed by atoms with Gasteiger partial charge in [-0.3, -0.25) is 9.40 Å². The highest BCUT2D eigenvalue weighted by molar-refractivity contribution is 9.10. The quantitative estimate of drug-likeness (QED) is 0.928. The number of nitrogens with one attached hydrogen (secondary N) is 1. The molecule has 0 atom stereocenters. The number of nitrogens with zero attached hydrogens (tertiary/aromatic N) is 3. The first-order valence-corrected chi connectivity index (χ1v) is 7.32. The molecule has 0 fully saturated rings. The fraction of sp³-hybridized carbons (Fsp3) is 0.200. The van der Waals surface area contributed by atoms with Gasteiger partial charge in [-0.05, 0) is 41.1 Å². The number of anilines is 1. The molecule has 0 aliphatic rings. The van der Waals surface area contributed by atoms with Gasteiger partial charge in [0.25, 0.3) is 10.0 Å². The maximum Gasteiger partial charge on any atom is 0.280 e. The summed E-state index contributed by atoms with van der Waals surface area (Å²) in [5, 5.41) is 3.91. The van der Waals surface area contributed by atoms with Gasteiger partial charge < -0.3 is 0 Å². The molecule has 2 aromatic heterocycles. The normalized spacial score (nSPS) is 11.5. The largest absolute Gasteiger partial charge is 0.280 e. The summed E-state index contributed by atoms with van der Waals surface area (Å²) in [6, 6.07) is 4.75. The van der Waals surface area contributed by atoms with Crippen LogP contribution in [-0.4, -0.2) is 23.2 Å². The van der Waals surface area contributed by atoms with Crippen LogP contribution in [0, 0.1) is 6.92 Å². The van der Waals surface area contributed by atoms with Crippen LogP contribution in [0.15, 0.2) is 33.9 Å². The van der Waals surface area contributed by atoms with Crippen LogP contribution in [0.1, 0.15) is 5.69 Å². The van der Waals surface area contributed by atoms with E-state index in [9.17, 15) is 8.42 Å². The van der Waals surface area contributed by atoms with E-state index in [1.54, 1.807) is 26.1 Å². The van der Waals surface area contributed by atoms with E-state index >= 15 is 0 Å². The van der Waals surface area contributed by atoms with E-state index < -0.39 is 10.0 Å². The van der Waals surface area contributed by atoms with Crippen molar-refractivity contribution >= 4 is 31.8 Å². The maximum absolute atomic E-state index is 12.1. The molecule has 0 aliphatic heterocycles. The zero-order valence-corrected chi connectivity index (χ0v) is 12.2. The number of aryl methyl sites for hydroxylation is 2. The Hall–Kier alpha value is -1.41. The predicted molar refractivity (Wildman–Crippen MR) is 70.7 cm³/mol. The van der Waals surface area contributed by atoms with Crippen molar-refractivity contribution in [1.29, 1.82) is 0 Å². The van der Waals surface area contributed by atoms with Gasteiger partial charge in [-0.2, -0.15) is 13.5 Å². The average Bonchev–Trinajstić information content (AvgIpc) is 2.70. The van der Waals surface area contributed by atoms with E-state index in [-0.39, 0.29) is 10.8 Å². The van der Waals surface area contributed by atoms with Crippen LogP contribution in [0.3, 0.4) is 0 Å². The molecule has 18 heavy (non-hydrogen) atoms. The highest BCUT2D eigenvalue weighted by Gasteiger charge is 2.18. The molecule has 2 aromatic rings. The molecule has 0 unspecified atom stereocenters. The second-order valence-electron chi connectivity index (χ2n) is 3.66. The molecule has 96 valence electrons. The lowest BCUT2D eigenvalue weighted by Gasteiger charge is -2.08. The first-order chi connectivity index (χ1) is 8.40. The summed E-state index contributed by atoms with van der Waals surface area (Å²) in [7, 11) is -2.09. The Labute approximate surface area is 113 Å². The van der Waals surface area contributed by atoms with Crippen LogP contribution in [0.2, 0.25) is 0 Å². The topological polar surface area (TPSA) is 76.9 Å². The van der Waals surface area contributed by atoms with E-state index in [0.717, 1.165) is 4.47 Å². The molecule has 0 amide bonds. The molecule has 0 saturated heterocycles. The van der Waals surface area contributed by atoms with Gasteiger partial charge in [0.05, 0.1) is 11.9 Å². The van der Waals surface area contributed by atoms with Gasteiger partial charge in [-0.1, -0.05) is 0 Å². The Morgan fingerprint density at radius 3 is 2.61 bits per heavy atom.